The summed E-state index contributed by atoms with van der Waals surface area (Å²) in [6.45, 7) is 0.394. The van der Waals surface area contributed by atoms with Crippen molar-refractivity contribution in [3.63, 3.8) is 0 Å². The van der Waals surface area contributed by atoms with Crippen LogP contribution in [0.25, 0.3) is 22.2 Å². The van der Waals surface area contributed by atoms with Crippen molar-refractivity contribution in [2.24, 2.45) is 7.05 Å². The minimum atomic E-state index is -0.952. The summed E-state index contributed by atoms with van der Waals surface area (Å²) in [6, 6.07) is 10.2. The molecule has 0 atom stereocenters. The Bertz CT molecular complexity index is 1430. The summed E-state index contributed by atoms with van der Waals surface area (Å²) in [5, 5.41) is 17.2. The zero-order chi connectivity index (χ0) is 22.8. The van der Waals surface area contributed by atoms with Gasteiger partial charge in [-0.25, -0.2) is 19.6 Å². The van der Waals surface area contributed by atoms with Crippen LogP contribution in [-0.4, -0.2) is 45.1 Å². The number of carboxylic acids is 1. The Kier molecular flexibility index (Phi) is 5.19. The summed E-state index contributed by atoms with van der Waals surface area (Å²) in [5.74, 6) is -0.0193. The molecule has 0 amide bonds. The number of rotatable bonds is 8. The molecule has 5 rings (SSSR count). The van der Waals surface area contributed by atoms with E-state index in [9.17, 15) is 4.79 Å². The van der Waals surface area contributed by atoms with E-state index in [-0.39, 0.29) is 6.54 Å². The molecular formula is C22H21N9O2. The number of nitrogens with one attached hydrogen (secondary N) is 2. The Hall–Kier alpha value is -4.67. The fraction of sp³-hybridized carbons (Fsp3) is 0.136. The highest BCUT2D eigenvalue weighted by atomic mass is 16.4. The Morgan fingerprint density at radius 1 is 1.12 bits per heavy atom. The van der Waals surface area contributed by atoms with Crippen molar-refractivity contribution >= 4 is 28.8 Å². The van der Waals surface area contributed by atoms with E-state index in [1.165, 1.54) is 17.1 Å². The lowest BCUT2D eigenvalue weighted by molar-refractivity contribution is -0.137. The van der Waals surface area contributed by atoms with Gasteiger partial charge in [0.05, 0.1) is 18.1 Å². The van der Waals surface area contributed by atoms with Crippen molar-refractivity contribution in [1.82, 2.24) is 34.0 Å². The van der Waals surface area contributed by atoms with Gasteiger partial charge in [-0.1, -0.05) is 18.2 Å². The molecule has 0 unspecified atom stereocenters. The van der Waals surface area contributed by atoms with Crippen molar-refractivity contribution < 1.29 is 9.90 Å². The van der Waals surface area contributed by atoms with Gasteiger partial charge >= 0.3 is 5.97 Å². The minimum Gasteiger partial charge on any atom is -0.480 e. The van der Waals surface area contributed by atoms with Crippen molar-refractivity contribution in [1.29, 1.82) is 0 Å². The summed E-state index contributed by atoms with van der Waals surface area (Å²) in [5.41, 5.74) is 7.34. The molecule has 0 aliphatic carbocycles. The first-order valence-electron chi connectivity index (χ1n) is 10.2. The zero-order valence-electron chi connectivity index (χ0n) is 17.8. The molecule has 0 fully saturated rings. The van der Waals surface area contributed by atoms with Gasteiger partial charge in [0.15, 0.2) is 5.65 Å². The molecule has 0 aliphatic heterocycles. The van der Waals surface area contributed by atoms with Crippen molar-refractivity contribution in [2.75, 3.05) is 10.7 Å². The van der Waals surface area contributed by atoms with Crippen molar-refractivity contribution in [3.8, 4) is 11.1 Å². The van der Waals surface area contributed by atoms with Crippen LogP contribution in [0.4, 0.5) is 11.8 Å². The highest BCUT2D eigenvalue weighted by Crippen LogP contribution is 2.23. The fourth-order valence-electron chi connectivity index (χ4n) is 3.60. The van der Waals surface area contributed by atoms with Gasteiger partial charge in [0, 0.05) is 37.4 Å². The van der Waals surface area contributed by atoms with E-state index in [2.05, 4.69) is 49.0 Å². The number of imidazole rings is 1. The highest BCUT2D eigenvalue weighted by Gasteiger charge is 2.12. The quantitative estimate of drug-likeness (QED) is 0.334. The molecule has 166 valence electrons. The lowest BCUT2D eigenvalue weighted by Crippen LogP contribution is -2.14. The number of aryl methyl sites for hydroxylation is 1. The van der Waals surface area contributed by atoms with E-state index < -0.39 is 5.97 Å². The van der Waals surface area contributed by atoms with Gasteiger partial charge < -0.3 is 20.4 Å². The maximum Gasteiger partial charge on any atom is 0.323 e. The summed E-state index contributed by atoms with van der Waals surface area (Å²) in [4.78, 5) is 24.0. The fourth-order valence-corrected chi connectivity index (χ4v) is 3.60. The predicted molar refractivity (Wildman–Crippen MR) is 122 cm³/mol. The maximum absolute atomic E-state index is 11.1. The number of aromatic nitrogens is 7. The third kappa shape index (κ3) is 4.24. The lowest BCUT2D eigenvalue weighted by Gasteiger charge is -2.11. The number of anilines is 2. The number of nitrogens with zero attached hydrogens (tertiary/aromatic N) is 7. The monoisotopic (exact) mass is 443 g/mol. The molecular weight excluding hydrogens is 422 g/mol. The van der Waals surface area contributed by atoms with E-state index in [1.807, 2.05) is 42.4 Å². The van der Waals surface area contributed by atoms with E-state index in [4.69, 9.17) is 5.11 Å². The zero-order valence-corrected chi connectivity index (χ0v) is 17.8. The second-order valence-corrected chi connectivity index (χ2v) is 7.48. The van der Waals surface area contributed by atoms with E-state index in [0.29, 0.717) is 24.0 Å². The number of aliphatic carboxylic acids is 1. The van der Waals surface area contributed by atoms with Gasteiger partial charge in [0.2, 0.25) is 5.95 Å². The highest BCUT2D eigenvalue weighted by molar-refractivity contribution is 5.88. The van der Waals surface area contributed by atoms with E-state index >= 15 is 0 Å². The number of benzene rings is 1. The van der Waals surface area contributed by atoms with Gasteiger partial charge in [-0.15, -0.1) is 0 Å². The Morgan fingerprint density at radius 3 is 2.85 bits per heavy atom. The third-order valence-corrected chi connectivity index (χ3v) is 5.15. The normalized spacial score (nSPS) is 11.1. The molecule has 0 saturated heterocycles. The van der Waals surface area contributed by atoms with Crippen molar-refractivity contribution in [2.45, 2.75) is 13.1 Å². The predicted octanol–water partition coefficient (Wildman–Crippen LogP) is 2.60. The molecule has 0 spiro atoms. The first-order valence-corrected chi connectivity index (χ1v) is 10.2. The minimum absolute atomic E-state index is 0.197. The van der Waals surface area contributed by atoms with Crippen LogP contribution >= 0.6 is 0 Å². The van der Waals surface area contributed by atoms with Crippen molar-refractivity contribution in [3.05, 3.63) is 73.2 Å². The molecule has 1 aromatic carbocycles. The standard InChI is InChI=1S/C22H21N9O2/c1-29-12-17(11-26-29)16-4-2-3-15(9-16)10-27-31-7-5-18-20(24-14-25-21(18)31)28-22-23-6-8-30(22)13-19(32)33/h2-9,11-12,14,27H,10,13H2,1H3,(H,32,33)(H,23,24,25,28). The van der Waals surface area contributed by atoms with Gasteiger partial charge in [-0.05, 0) is 23.3 Å². The Labute approximate surface area is 188 Å². The Balaban J connectivity index is 1.35. The summed E-state index contributed by atoms with van der Waals surface area (Å²) >= 11 is 0. The summed E-state index contributed by atoms with van der Waals surface area (Å²) in [6.07, 6.45) is 10.3. The van der Waals surface area contributed by atoms with Crippen LogP contribution in [0.2, 0.25) is 0 Å². The number of fused-ring (bicyclic) bond motifs is 1. The van der Waals surface area contributed by atoms with Gasteiger partial charge in [0.25, 0.3) is 0 Å². The number of carbonyl (C=O) groups is 1. The molecule has 0 saturated carbocycles. The third-order valence-electron chi connectivity index (χ3n) is 5.15. The van der Waals surface area contributed by atoms with E-state index in [1.54, 1.807) is 10.9 Å². The summed E-state index contributed by atoms with van der Waals surface area (Å²) in [7, 11) is 1.90. The first kappa shape index (κ1) is 20.2. The molecule has 11 nitrogen and oxygen atoms in total. The van der Waals surface area contributed by atoms with Crippen LogP contribution in [0.15, 0.2) is 67.6 Å². The van der Waals surface area contributed by atoms with Gasteiger partial charge in [-0.2, -0.15) is 5.10 Å². The maximum atomic E-state index is 11.1. The van der Waals surface area contributed by atoms with Crippen LogP contribution < -0.4 is 10.7 Å². The second kappa shape index (κ2) is 8.46. The van der Waals surface area contributed by atoms with Crippen LogP contribution in [0.3, 0.4) is 0 Å². The van der Waals surface area contributed by atoms with Gasteiger partial charge in [0.1, 0.15) is 18.7 Å². The molecule has 0 radical (unpaired) electrons. The molecule has 0 bridgehead atoms. The van der Waals surface area contributed by atoms with E-state index in [0.717, 1.165) is 22.1 Å². The second-order valence-electron chi connectivity index (χ2n) is 7.48. The van der Waals surface area contributed by atoms with Gasteiger partial charge in [-0.3, -0.25) is 9.48 Å². The largest absolute Gasteiger partial charge is 0.480 e. The SMILES string of the molecule is Cn1cc(-c2cccc(CNn3ccc4c(Nc5nccn5CC(=O)O)ncnc43)c2)cn1. The topological polar surface area (TPSA) is 128 Å². The van der Waals surface area contributed by atoms with Crippen LogP contribution in [0.5, 0.6) is 0 Å². The smallest absolute Gasteiger partial charge is 0.323 e. The number of hydrogen-bond donors (Lipinski definition) is 3. The van der Waals surface area contributed by atoms with Crippen LogP contribution in [0.1, 0.15) is 5.56 Å². The Morgan fingerprint density at radius 2 is 2.03 bits per heavy atom. The molecule has 11 heteroatoms. The molecule has 4 aromatic heterocycles. The molecule has 3 N–H and O–H groups in total. The average molecular weight is 443 g/mol. The van der Waals surface area contributed by atoms with Crippen LogP contribution in [-0.2, 0) is 24.9 Å². The number of hydrogen-bond acceptors (Lipinski definition) is 7. The molecule has 0 aliphatic rings. The molecule has 5 aromatic rings. The van der Waals surface area contributed by atoms with Crippen LogP contribution in [0, 0.1) is 0 Å². The summed E-state index contributed by atoms with van der Waals surface area (Å²) < 4.78 is 5.12. The number of carboxylic acid groups (broad SMARTS) is 1. The average Bonchev–Trinajstić information content (AvgIpc) is 3.53. The first-order chi connectivity index (χ1) is 16.1. The molecule has 33 heavy (non-hydrogen) atoms. The lowest BCUT2D eigenvalue weighted by atomic mass is 10.1. The molecule has 4 heterocycles.